The van der Waals surface area contributed by atoms with Gasteiger partial charge in [0.05, 0.1) is 23.8 Å². The molecule has 2 aliphatic rings. The molecular weight excluding hydrogens is 531 g/mol. The Morgan fingerprint density at radius 2 is 1.74 bits per heavy atom. The molecule has 2 aromatic rings. The molecular formula is C23H24F3N5O6S. The highest BCUT2D eigenvalue weighted by molar-refractivity contribution is 7.92. The number of hydrogen-bond donors (Lipinski definition) is 1. The van der Waals surface area contributed by atoms with Crippen molar-refractivity contribution in [3.8, 4) is 0 Å². The van der Waals surface area contributed by atoms with Crippen LogP contribution in [0.25, 0.3) is 0 Å². The average molecular weight is 556 g/mol. The molecule has 4 amide bonds. The van der Waals surface area contributed by atoms with Crippen molar-refractivity contribution in [2.45, 2.75) is 36.3 Å². The molecule has 11 nitrogen and oxygen atoms in total. The second-order valence-corrected chi connectivity index (χ2v) is 11.0. The summed E-state index contributed by atoms with van der Waals surface area (Å²) in [5, 5.41) is 1.70. The van der Waals surface area contributed by atoms with Gasteiger partial charge in [-0.3, -0.25) is 20.0 Å². The fourth-order valence-corrected chi connectivity index (χ4v) is 4.75. The van der Waals surface area contributed by atoms with Gasteiger partial charge in [0.25, 0.3) is 21.7 Å². The number of anilines is 1. The molecule has 4 rings (SSSR count). The maximum atomic E-state index is 13.3. The lowest BCUT2D eigenvalue weighted by Gasteiger charge is -2.28. The number of urea groups is 1. The van der Waals surface area contributed by atoms with Gasteiger partial charge in [-0.05, 0) is 55.8 Å². The zero-order valence-electron chi connectivity index (χ0n) is 20.4. The van der Waals surface area contributed by atoms with E-state index in [9.17, 15) is 36.0 Å². The highest BCUT2D eigenvalue weighted by atomic mass is 32.2. The Labute approximate surface area is 216 Å². The van der Waals surface area contributed by atoms with E-state index in [1.807, 2.05) is 0 Å². The first-order valence-electron chi connectivity index (χ1n) is 11.4. The predicted octanol–water partition coefficient (Wildman–Crippen LogP) is 2.10. The summed E-state index contributed by atoms with van der Waals surface area (Å²) < 4.78 is 67.1. The normalized spacial score (nSPS) is 18.7. The minimum atomic E-state index is -5.59. The molecule has 0 spiro atoms. The average Bonchev–Trinajstić information content (AvgIpc) is 3.03. The van der Waals surface area contributed by atoms with Crippen LogP contribution in [0.1, 0.15) is 29.9 Å². The molecule has 2 saturated heterocycles. The zero-order chi connectivity index (χ0) is 27.9. The van der Waals surface area contributed by atoms with Crippen LogP contribution in [0.5, 0.6) is 0 Å². The van der Waals surface area contributed by atoms with Gasteiger partial charge in [0, 0.05) is 25.8 Å². The third-order valence-electron chi connectivity index (χ3n) is 6.20. The van der Waals surface area contributed by atoms with Crippen LogP contribution in [0, 0.1) is 0 Å². The van der Waals surface area contributed by atoms with E-state index in [-0.39, 0.29) is 17.9 Å². The Morgan fingerprint density at radius 1 is 1.11 bits per heavy atom. The summed E-state index contributed by atoms with van der Waals surface area (Å²) in [4.78, 5) is 44.1. The lowest BCUT2D eigenvalue weighted by atomic mass is 10.0. The Morgan fingerprint density at radius 3 is 2.34 bits per heavy atom. The van der Waals surface area contributed by atoms with Crippen molar-refractivity contribution in [3.63, 3.8) is 0 Å². The van der Waals surface area contributed by atoms with Gasteiger partial charge in [0.15, 0.2) is 0 Å². The smallest absolute Gasteiger partial charge is 0.379 e. The van der Waals surface area contributed by atoms with Crippen LogP contribution in [0.15, 0.2) is 47.5 Å². The molecule has 0 unspecified atom stereocenters. The second kappa shape index (κ2) is 9.96. The number of nitrogens with zero attached hydrogens (tertiary/aromatic N) is 4. The highest BCUT2D eigenvalue weighted by Gasteiger charge is 2.52. The van der Waals surface area contributed by atoms with E-state index in [4.69, 9.17) is 4.74 Å². The molecule has 0 radical (unpaired) electrons. The lowest BCUT2D eigenvalue weighted by Crippen LogP contribution is -2.48. The maximum absolute atomic E-state index is 13.3. The summed E-state index contributed by atoms with van der Waals surface area (Å²) in [6.07, 6.45) is 1.40. The van der Waals surface area contributed by atoms with Crippen LogP contribution in [0.3, 0.4) is 0 Å². The number of imide groups is 1. The minimum absolute atomic E-state index is 0.0744. The summed E-state index contributed by atoms with van der Waals surface area (Å²) >= 11 is 0. The minimum Gasteiger partial charge on any atom is -0.379 e. The van der Waals surface area contributed by atoms with Crippen molar-refractivity contribution < 1.29 is 40.7 Å². The molecule has 3 heterocycles. The number of rotatable bonds is 6. The SMILES string of the molecule is CC1(C)C(=O)N(c2ccc(S(=O)(=O)C(F)(F)F)cc2)C(=O)N1Cc1ccnc(C(=O)NN2CCOCC2)c1. The number of nitrogens with one attached hydrogen (secondary N) is 1. The molecule has 0 aliphatic carbocycles. The van der Waals surface area contributed by atoms with Crippen molar-refractivity contribution >= 4 is 33.4 Å². The number of hydrogen-bond acceptors (Lipinski definition) is 8. The summed E-state index contributed by atoms with van der Waals surface area (Å²) in [6.45, 7) is 4.92. The molecule has 0 atom stereocenters. The van der Waals surface area contributed by atoms with Gasteiger partial charge < -0.3 is 9.64 Å². The van der Waals surface area contributed by atoms with Gasteiger partial charge in [-0.15, -0.1) is 0 Å². The Hall–Kier alpha value is -3.56. The van der Waals surface area contributed by atoms with Gasteiger partial charge in [-0.25, -0.2) is 23.1 Å². The number of benzene rings is 1. The van der Waals surface area contributed by atoms with Crippen LogP contribution in [-0.4, -0.2) is 78.5 Å². The van der Waals surface area contributed by atoms with E-state index in [0.29, 0.717) is 44.0 Å². The predicted molar refractivity (Wildman–Crippen MR) is 126 cm³/mol. The van der Waals surface area contributed by atoms with Crippen molar-refractivity contribution in [3.05, 3.63) is 53.9 Å². The van der Waals surface area contributed by atoms with Crippen LogP contribution >= 0.6 is 0 Å². The van der Waals surface area contributed by atoms with Crippen molar-refractivity contribution in [1.29, 1.82) is 0 Å². The number of hydrazine groups is 1. The molecule has 1 aromatic heterocycles. The summed E-state index contributed by atoms with van der Waals surface area (Å²) in [7, 11) is -5.59. The topological polar surface area (TPSA) is 129 Å². The second-order valence-electron chi connectivity index (χ2n) is 9.10. The number of carbonyl (C=O) groups is 3. The summed E-state index contributed by atoms with van der Waals surface area (Å²) in [5.74, 6) is -1.11. The third-order valence-corrected chi connectivity index (χ3v) is 7.70. The van der Waals surface area contributed by atoms with Crippen molar-refractivity contribution in [1.82, 2.24) is 20.3 Å². The molecule has 2 fully saturated rings. The number of amides is 4. The molecule has 204 valence electrons. The van der Waals surface area contributed by atoms with Gasteiger partial charge in [0.1, 0.15) is 11.2 Å². The molecule has 0 saturated carbocycles. The van der Waals surface area contributed by atoms with Crippen molar-refractivity contribution in [2.24, 2.45) is 0 Å². The van der Waals surface area contributed by atoms with Crippen LogP contribution in [0.4, 0.5) is 23.7 Å². The van der Waals surface area contributed by atoms with Crippen LogP contribution < -0.4 is 10.3 Å². The van der Waals surface area contributed by atoms with E-state index in [1.165, 1.54) is 31.0 Å². The number of morpholine rings is 1. The van der Waals surface area contributed by atoms with E-state index in [2.05, 4.69) is 10.4 Å². The first-order valence-corrected chi connectivity index (χ1v) is 12.9. The van der Waals surface area contributed by atoms with E-state index in [0.717, 1.165) is 17.0 Å². The Balaban J connectivity index is 1.53. The van der Waals surface area contributed by atoms with Gasteiger partial charge in [-0.1, -0.05) is 0 Å². The standard InChI is InChI=1S/C23H24F3N5O6S/c1-22(2)20(33)31(16-3-5-17(6-4-16)38(35,36)23(24,25)26)21(34)30(22)14-15-7-8-27-18(13-15)19(32)28-29-9-11-37-12-10-29/h3-8,13H,9-12,14H2,1-2H3,(H,28,32). The molecule has 15 heteroatoms. The number of pyridine rings is 1. The quantitative estimate of drug-likeness (QED) is 0.537. The number of ether oxygens (including phenoxy) is 1. The van der Waals surface area contributed by atoms with Crippen molar-refractivity contribution in [2.75, 3.05) is 31.2 Å². The van der Waals surface area contributed by atoms with E-state index < -0.39 is 43.6 Å². The van der Waals surface area contributed by atoms with Gasteiger partial charge >= 0.3 is 11.5 Å². The fraction of sp³-hybridized carbons (Fsp3) is 0.391. The monoisotopic (exact) mass is 555 g/mol. The number of halogens is 3. The molecule has 1 aromatic carbocycles. The molecule has 1 N–H and O–H groups in total. The fourth-order valence-electron chi connectivity index (χ4n) is 3.99. The van der Waals surface area contributed by atoms with E-state index in [1.54, 1.807) is 11.1 Å². The number of carbonyl (C=O) groups excluding carboxylic acids is 3. The lowest BCUT2D eigenvalue weighted by molar-refractivity contribution is -0.123. The molecule has 2 aliphatic heterocycles. The third kappa shape index (κ3) is 5.08. The number of sulfone groups is 1. The maximum Gasteiger partial charge on any atom is 0.501 e. The summed E-state index contributed by atoms with van der Waals surface area (Å²) in [6, 6.07) is 5.63. The molecule has 38 heavy (non-hydrogen) atoms. The Bertz CT molecular complexity index is 1360. The number of alkyl halides is 3. The van der Waals surface area contributed by atoms with Gasteiger partial charge in [-0.2, -0.15) is 13.2 Å². The van der Waals surface area contributed by atoms with Gasteiger partial charge in [0.2, 0.25) is 0 Å². The van der Waals surface area contributed by atoms with Crippen LogP contribution in [-0.2, 0) is 25.9 Å². The highest BCUT2D eigenvalue weighted by Crippen LogP contribution is 2.35. The molecule has 0 bridgehead atoms. The first-order chi connectivity index (χ1) is 17.7. The largest absolute Gasteiger partial charge is 0.501 e. The Kier molecular flexibility index (Phi) is 7.20. The first kappa shape index (κ1) is 27.5. The van der Waals surface area contributed by atoms with Crippen LogP contribution in [0.2, 0.25) is 0 Å². The summed E-state index contributed by atoms with van der Waals surface area (Å²) in [5.41, 5.74) is -3.58. The van der Waals surface area contributed by atoms with E-state index >= 15 is 0 Å². The number of aromatic nitrogens is 1. The zero-order valence-corrected chi connectivity index (χ0v) is 21.2.